The van der Waals surface area contributed by atoms with Gasteiger partial charge in [0.15, 0.2) is 10.6 Å². The minimum Gasteiger partial charge on any atom is -0.368 e. The van der Waals surface area contributed by atoms with Crippen molar-refractivity contribution in [3.05, 3.63) is 34.8 Å². The summed E-state index contributed by atoms with van der Waals surface area (Å²) >= 11 is 1.44. The van der Waals surface area contributed by atoms with E-state index in [1.807, 2.05) is 12.1 Å². The highest BCUT2D eigenvalue weighted by atomic mass is 32.1. The average Bonchev–Trinajstić information content (AvgIpc) is 3.36. The van der Waals surface area contributed by atoms with Crippen molar-refractivity contribution in [2.45, 2.75) is 32.2 Å². The number of nitrogens with two attached hydrogens (primary N) is 1. The van der Waals surface area contributed by atoms with Gasteiger partial charge in [-0.2, -0.15) is 4.98 Å². The summed E-state index contributed by atoms with van der Waals surface area (Å²) < 4.78 is 0. The molecule has 1 atom stereocenters. The van der Waals surface area contributed by atoms with Crippen LogP contribution in [-0.4, -0.2) is 51.8 Å². The van der Waals surface area contributed by atoms with Gasteiger partial charge in [-0.05, 0) is 49.4 Å². The highest BCUT2D eigenvalue weighted by Gasteiger charge is 2.29. The maximum atomic E-state index is 12.4. The Kier molecular flexibility index (Phi) is 4.87. The Morgan fingerprint density at radius 2 is 2.13 bits per heavy atom. The van der Waals surface area contributed by atoms with Gasteiger partial charge in [-0.1, -0.05) is 6.07 Å². The number of thiazole rings is 1. The molecule has 0 unspecified atom stereocenters. The van der Waals surface area contributed by atoms with E-state index < -0.39 is 6.09 Å². The molecule has 3 N–H and O–H groups in total. The average molecular weight is 426 g/mol. The van der Waals surface area contributed by atoms with Gasteiger partial charge in [-0.25, -0.2) is 14.8 Å². The van der Waals surface area contributed by atoms with E-state index in [-0.39, 0.29) is 12.0 Å². The first kappa shape index (κ1) is 19.0. The number of amides is 1. The van der Waals surface area contributed by atoms with Gasteiger partial charge in [-0.15, -0.1) is 16.4 Å². The van der Waals surface area contributed by atoms with Crippen LogP contribution in [0.1, 0.15) is 24.5 Å². The van der Waals surface area contributed by atoms with Crippen LogP contribution >= 0.6 is 11.3 Å². The van der Waals surface area contributed by atoms with E-state index in [1.54, 1.807) is 10.6 Å². The molecule has 1 amide bonds. The highest BCUT2D eigenvalue weighted by molar-refractivity contribution is 7.16. The van der Waals surface area contributed by atoms with Crippen molar-refractivity contribution in [2.75, 3.05) is 35.6 Å². The largest absolute Gasteiger partial charge is 0.430 e. The van der Waals surface area contributed by atoms with Gasteiger partial charge in [0.1, 0.15) is 5.52 Å². The molecule has 1 aromatic carbocycles. The lowest BCUT2D eigenvalue weighted by atomic mass is 10.1. The molecular formula is C20H23N7O2S. The number of nitrogens with one attached hydrogen (secondary N) is 1. The number of benzene rings is 1. The zero-order valence-corrected chi connectivity index (χ0v) is 17.5. The van der Waals surface area contributed by atoms with Gasteiger partial charge < -0.3 is 15.5 Å². The molecule has 1 aliphatic heterocycles. The molecule has 0 bridgehead atoms. The number of hydrogen-bond donors (Lipinski definition) is 2. The molecule has 3 heterocycles. The summed E-state index contributed by atoms with van der Waals surface area (Å²) in [6, 6.07) is 6.13. The number of carbonyl (C=O) groups is 1. The van der Waals surface area contributed by atoms with Crippen LogP contribution in [0.25, 0.3) is 10.3 Å². The summed E-state index contributed by atoms with van der Waals surface area (Å²) in [4.78, 5) is 33.9. The summed E-state index contributed by atoms with van der Waals surface area (Å²) in [7, 11) is 0. The van der Waals surface area contributed by atoms with E-state index in [0.29, 0.717) is 19.6 Å². The minimum absolute atomic E-state index is 0.0609. The fourth-order valence-corrected chi connectivity index (χ4v) is 4.85. The third-order valence-corrected chi connectivity index (χ3v) is 6.33. The standard InChI is InChI=1S/C20H23N7O2S/c1-12-10-26(29-20(28)23-15-6-5-13-3-2-4-14(13)9-15)7-8-27(12)17-16-18(30-11-22-16)25-19(21)24-17/h5-6,9,11-12H,2-4,7-8,10H2,1H3,(H,23,28)(H2,21,24,25)/t12-/m0/s1. The number of hydroxylamine groups is 2. The molecule has 0 radical (unpaired) electrons. The van der Waals surface area contributed by atoms with Crippen LogP contribution in [0.5, 0.6) is 0 Å². The summed E-state index contributed by atoms with van der Waals surface area (Å²) in [5.74, 6) is 0.967. The van der Waals surface area contributed by atoms with Crippen LogP contribution in [0.4, 0.5) is 22.2 Å². The molecule has 156 valence electrons. The summed E-state index contributed by atoms with van der Waals surface area (Å²) in [5, 5.41) is 4.53. The lowest BCUT2D eigenvalue weighted by Crippen LogP contribution is -2.53. The van der Waals surface area contributed by atoms with Crippen molar-refractivity contribution in [2.24, 2.45) is 0 Å². The summed E-state index contributed by atoms with van der Waals surface area (Å²) in [6.45, 7) is 3.80. The first-order valence-electron chi connectivity index (χ1n) is 10.1. The van der Waals surface area contributed by atoms with Crippen molar-refractivity contribution in [1.82, 2.24) is 20.0 Å². The number of aryl methyl sites for hydroxylation is 2. The van der Waals surface area contributed by atoms with Crippen LogP contribution in [0.3, 0.4) is 0 Å². The molecule has 1 fully saturated rings. The summed E-state index contributed by atoms with van der Waals surface area (Å²) in [6.07, 6.45) is 2.89. The third-order valence-electron chi connectivity index (χ3n) is 5.62. The number of hydrogen-bond acceptors (Lipinski definition) is 9. The molecule has 5 rings (SSSR count). The lowest BCUT2D eigenvalue weighted by Gasteiger charge is -2.39. The monoisotopic (exact) mass is 425 g/mol. The second kappa shape index (κ2) is 7.69. The van der Waals surface area contributed by atoms with Gasteiger partial charge >= 0.3 is 6.09 Å². The fraction of sp³-hybridized carbons (Fsp3) is 0.400. The number of piperazine rings is 1. The predicted octanol–water partition coefficient (Wildman–Crippen LogP) is 2.83. The molecule has 1 aliphatic carbocycles. The van der Waals surface area contributed by atoms with E-state index in [2.05, 4.69) is 38.2 Å². The molecule has 10 heteroatoms. The van der Waals surface area contributed by atoms with E-state index in [1.165, 1.54) is 28.9 Å². The summed E-state index contributed by atoms with van der Waals surface area (Å²) in [5.41, 5.74) is 11.8. The second-order valence-electron chi connectivity index (χ2n) is 7.68. The smallest absolute Gasteiger partial charge is 0.368 e. The Morgan fingerprint density at radius 1 is 1.27 bits per heavy atom. The Hall–Kier alpha value is -2.98. The molecule has 0 saturated carbocycles. The zero-order chi connectivity index (χ0) is 20.7. The van der Waals surface area contributed by atoms with E-state index >= 15 is 0 Å². The predicted molar refractivity (Wildman–Crippen MR) is 117 cm³/mol. The van der Waals surface area contributed by atoms with Gasteiger partial charge in [0, 0.05) is 18.3 Å². The normalized spacial score (nSPS) is 19.1. The number of nitrogen functional groups attached to an aromatic ring is 1. The first-order valence-corrected chi connectivity index (χ1v) is 10.9. The Balaban J connectivity index is 1.22. The molecule has 3 aromatic rings. The van der Waals surface area contributed by atoms with Crippen molar-refractivity contribution < 1.29 is 9.63 Å². The fourth-order valence-electron chi connectivity index (χ4n) is 4.19. The molecule has 2 aromatic heterocycles. The maximum Gasteiger partial charge on any atom is 0.430 e. The van der Waals surface area contributed by atoms with Crippen LogP contribution < -0.4 is 16.0 Å². The number of aromatic nitrogens is 3. The van der Waals surface area contributed by atoms with Gasteiger partial charge in [0.2, 0.25) is 5.95 Å². The minimum atomic E-state index is -0.471. The Morgan fingerprint density at radius 3 is 3.00 bits per heavy atom. The SMILES string of the molecule is C[C@H]1CN(OC(=O)Nc2ccc3c(c2)CCC3)CCN1c1nc(N)nc2scnc12. The number of anilines is 3. The molecule has 0 spiro atoms. The van der Waals surface area contributed by atoms with E-state index in [9.17, 15) is 4.79 Å². The molecule has 2 aliphatic rings. The number of fused-ring (bicyclic) bond motifs is 2. The van der Waals surface area contributed by atoms with Gasteiger partial charge in [0.05, 0.1) is 18.6 Å². The van der Waals surface area contributed by atoms with Crippen molar-refractivity contribution in [3.63, 3.8) is 0 Å². The number of nitrogens with zero attached hydrogens (tertiary/aromatic N) is 5. The van der Waals surface area contributed by atoms with Crippen LogP contribution in [0.15, 0.2) is 23.7 Å². The van der Waals surface area contributed by atoms with E-state index in [0.717, 1.165) is 34.7 Å². The van der Waals surface area contributed by atoms with Gasteiger partial charge in [-0.3, -0.25) is 5.32 Å². The zero-order valence-electron chi connectivity index (χ0n) is 16.7. The van der Waals surface area contributed by atoms with Crippen molar-refractivity contribution >= 4 is 45.2 Å². The topological polar surface area (TPSA) is 110 Å². The van der Waals surface area contributed by atoms with Crippen LogP contribution in [0.2, 0.25) is 0 Å². The third kappa shape index (κ3) is 3.63. The molecule has 30 heavy (non-hydrogen) atoms. The molecule has 9 nitrogen and oxygen atoms in total. The molecule has 1 saturated heterocycles. The van der Waals surface area contributed by atoms with Crippen molar-refractivity contribution in [3.8, 4) is 0 Å². The van der Waals surface area contributed by atoms with Crippen molar-refractivity contribution in [1.29, 1.82) is 0 Å². The first-order chi connectivity index (χ1) is 14.6. The number of rotatable bonds is 3. The number of carbonyl (C=O) groups excluding carboxylic acids is 1. The van der Waals surface area contributed by atoms with E-state index in [4.69, 9.17) is 10.6 Å². The molecular weight excluding hydrogens is 402 g/mol. The Labute approximate surface area is 177 Å². The maximum absolute atomic E-state index is 12.4. The quantitative estimate of drug-likeness (QED) is 0.659. The van der Waals surface area contributed by atoms with Gasteiger partial charge in [0.25, 0.3) is 0 Å². The lowest BCUT2D eigenvalue weighted by molar-refractivity contribution is -0.103. The van der Waals surface area contributed by atoms with Crippen LogP contribution in [0, 0.1) is 0 Å². The highest BCUT2D eigenvalue weighted by Crippen LogP contribution is 2.29. The Bertz CT molecular complexity index is 1100. The van der Waals surface area contributed by atoms with Crippen LogP contribution in [-0.2, 0) is 17.7 Å². The second-order valence-corrected chi connectivity index (χ2v) is 8.52.